The molecule has 2 aliphatic rings. The third-order valence-electron chi connectivity index (χ3n) is 3.61. The molecule has 17 heavy (non-hydrogen) atoms. The van der Waals surface area contributed by atoms with Crippen LogP contribution in [0.2, 0.25) is 0 Å². The molecule has 3 nitrogen and oxygen atoms in total. The number of nitrogens with zero attached hydrogens (tertiary/aromatic N) is 2. The van der Waals surface area contributed by atoms with E-state index in [9.17, 15) is 0 Å². The molecule has 1 saturated heterocycles. The maximum atomic E-state index is 4.54. The maximum absolute atomic E-state index is 4.54. The first-order valence-corrected chi connectivity index (χ1v) is 7.58. The van der Waals surface area contributed by atoms with Crippen LogP contribution in [-0.4, -0.2) is 36.0 Å². The second kappa shape index (κ2) is 4.80. The molecule has 0 aliphatic carbocycles. The minimum absolute atomic E-state index is 0.331. The van der Waals surface area contributed by atoms with E-state index in [2.05, 4.69) is 51.5 Å². The zero-order chi connectivity index (χ0) is 11.7. The summed E-state index contributed by atoms with van der Waals surface area (Å²) in [7, 11) is 2.26. The Balaban J connectivity index is 1.79. The van der Waals surface area contributed by atoms with E-state index in [0.717, 1.165) is 13.1 Å². The SMILES string of the molecule is CN(C1CCNCC1)[SH]1C=Nc2ccccc21. The summed E-state index contributed by atoms with van der Waals surface area (Å²) in [6, 6.07) is 9.24. The zero-order valence-corrected chi connectivity index (χ0v) is 11.0. The molecule has 1 unspecified atom stereocenters. The molecule has 1 fully saturated rings. The van der Waals surface area contributed by atoms with Gasteiger partial charge >= 0.3 is 0 Å². The van der Waals surface area contributed by atoms with Crippen molar-refractivity contribution in [1.82, 2.24) is 9.62 Å². The molecule has 3 rings (SSSR count). The molecule has 4 heteroatoms. The lowest BCUT2D eigenvalue weighted by atomic mass is 10.1. The topological polar surface area (TPSA) is 27.6 Å². The number of benzene rings is 1. The van der Waals surface area contributed by atoms with E-state index >= 15 is 0 Å². The van der Waals surface area contributed by atoms with Gasteiger partial charge in [0, 0.05) is 10.9 Å². The average molecular weight is 249 g/mol. The molecule has 0 radical (unpaired) electrons. The number of hydrogen-bond donors (Lipinski definition) is 2. The predicted molar refractivity (Wildman–Crippen MR) is 75.5 cm³/mol. The molecule has 0 saturated carbocycles. The molecule has 1 atom stereocenters. The Hall–Kier alpha value is -0.840. The minimum atomic E-state index is -0.331. The van der Waals surface area contributed by atoms with Gasteiger partial charge in [-0.25, -0.2) is 4.99 Å². The van der Waals surface area contributed by atoms with Crippen LogP contribution in [0, 0.1) is 0 Å². The largest absolute Gasteiger partial charge is 0.317 e. The van der Waals surface area contributed by atoms with Gasteiger partial charge in [-0.3, -0.25) is 4.31 Å². The van der Waals surface area contributed by atoms with Crippen molar-refractivity contribution in [3.05, 3.63) is 24.3 Å². The standard InChI is InChI=1S/C13H19N3S/c1-16(11-6-8-14-9-7-11)17-10-15-12-4-2-3-5-13(12)17/h2-5,10-11,14,17H,6-9H2,1H3. The summed E-state index contributed by atoms with van der Waals surface area (Å²) in [6.45, 7) is 2.30. The third kappa shape index (κ3) is 2.12. The van der Waals surface area contributed by atoms with Crippen LogP contribution in [-0.2, 0) is 0 Å². The maximum Gasteiger partial charge on any atom is 0.0769 e. The van der Waals surface area contributed by atoms with Crippen LogP contribution in [0.5, 0.6) is 0 Å². The first-order valence-electron chi connectivity index (χ1n) is 6.22. The summed E-state index contributed by atoms with van der Waals surface area (Å²) in [5.41, 5.74) is 3.32. The summed E-state index contributed by atoms with van der Waals surface area (Å²) in [5.74, 6) is 0. The Kier molecular flexibility index (Phi) is 3.18. The monoisotopic (exact) mass is 249 g/mol. The number of rotatable bonds is 2. The van der Waals surface area contributed by atoms with E-state index in [1.165, 1.54) is 23.4 Å². The lowest BCUT2D eigenvalue weighted by Crippen LogP contribution is -2.39. The number of nitrogens with one attached hydrogen (secondary N) is 1. The number of para-hydroxylation sites is 1. The molecule has 1 aromatic rings. The van der Waals surface area contributed by atoms with Crippen LogP contribution in [0.4, 0.5) is 5.69 Å². The highest BCUT2D eigenvalue weighted by molar-refractivity contribution is 8.27. The van der Waals surface area contributed by atoms with Crippen molar-refractivity contribution in [3.63, 3.8) is 0 Å². The van der Waals surface area contributed by atoms with Crippen LogP contribution in [0.1, 0.15) is 12.8 Å². The molecule has 0 spiro atoms. The molecule has 0 bridgehead atoms. The van der Waals surface area contributed by atoms with Crippen molar-refractivity contribution < 1.29 is 0 Å². The van der Waals surface area contributed by atoms with E-state index in [4.69, 9.17) is 0 Å². The molecule has 1 aromatic carbocycles. The molecule has 92 valence electrons. The summed E-state index contributed by atoms with van der Waals surface area (Å²) >= 11 is -0.331. The number of aliphatic imine (C=N–C) groups is 1. The van der Waals surface area contributed by atoms with Gasteiger partial charge in [-0.2, -0.15) is 0 Å². The van der Waals surface area contributed by atoms with Crippen molar-refractivity contribution in [3.8, 4) is 0 Å². The van der Waals surface area contributed by atoms with Crippen molar-refractivity contribution in [2.24, 2.45) is 4.99 Å². The molecular weight excluding hydrogens is 230 g/mol. The Morgan fingerprint density at radius 2 is 2.06 bits per heavy atom. The van der Waals surface area contributed by atoms with E-state index in [-0.39, 0.29) is 11.1 Å². The summed E-state index contributed by atoms with van der Waals surface area (Å²) in [4.78, 5) is 5.96. The predicted octanol–water partition coefficient (Wildman–Crippen LogP) is 2.32. The molecule has 1 N–H and O–H groups in total. The zero-order valence-electron chi connectivity index (χ0n) is 10.1. The van der Waals surface area contributed by atoms with Crippen LogP contribution in [0.3, 0.4) is 0 Å². The summed E-state index contributed by atoms with van der Waals surface area (Å²) < 4.78 is 2.55. The second-order valence-electron chi connectivity index (χ2n) is 4.63. The normalized spacial score (nSPS) is 26.4. The quantitative estimate of drug-likeness (QED) is 0.787. The molecule has 2 aliphatic heterocycles. The van der Waals surface area contributed by atoms with Crippen LogP contribution in [0.25, 0.3) is 0 Å². The number of fused-ring (bicyclic) bond motifs is 1. The van der Waals surface area contributed by atoms with Gasteiger partial charge in [-0.1, -0.05) is 12.1 Å². The highest BCUT2D eigenvalue weighted by Crippen LogP contribution is 2.48. The van der Waals surface area contributed by atoms with Crippen LogP contribution in [0.15, 0.2) is 34.2 Å². The van der Waals surface area contributed by atoms with Crippen molar-refractivity contribution in [2.45, 2.75) is 23.8 Å². The van der Waals surface area contributed by atoms with Gasteiger partial charge in [0.05, 0.1) is 11.2 Å². The second-order valence-corrected chi connectivity index (χ2v) is 6.67. The van der Waals surface area contributed by atoms with Gasteiger partial charge in [0.1, 0.15) is 0 Å². The van der Waals surface area contributed by atoms with E-state index in [1.807, 2.05) is 0 Å². The first-order chi connectivity index (χ1) is 8.36. The highest BCUT2D eigenvalue weighted by Gasteiger charge is 2.25. The fourth-order valence-corrected chi connectivity index (χ4v) is 4.60. The van der Waals surface area contributed by atoms with Gasteiger partial charge < -0.3 is 5.32 Å². The van der Waals surface area contributed by atoms with Crippen LogP contribution < -0.4 is 5.32 Å². The van der Waals surface area contributed by atoms with E-state index in [1.54, 1.807) is 0 Å². The molecule has 0 amide bonds. The van der Waals surface area contributed by atoms with Gasteiger partial charge in [0.15, 0.2) is 0 Å². The summed E-state index contributed by atoms with van der Waals surface area (Å²) in [5, 5.41) is 3.43. The molecule has 2 heterocycles. The van der Waals surface area contributed by atoms with E-state index in [0.29, 0.717) is 6.04 Å². The smallest absolute Gasteiger partial charge is 0.0769 e. The number of thiol groups is 1. The Bertz CT molecular complexity index is 426. The fourth-order valence-electron chi connectivity index (χ4n) is 2.55. The number of piperidine rings is 1. The Morgan fingerprint density at radius 1 is 1.29 bits per heavy atom. The van der Waals surface area contributed by atoms with Gasteiger partial charge in [-0.05, 0) is 45.1 Å². The van der Waals surface area contributed by atoms with Crippen molar-refractivity contribution >= 4 is 22.3 Å². The lowest BCUT2D eigenvalue weighted by molar-refractivity contribution is 0.316. The van der Waals surface area contributed by atoms with Gasteiger partial charge in [0.2, 0.25) is 0 Å². The van der Waals surface area contributed by atoms with Gasteiger partial charge in [0.25, 0.3) is 0 Å². The van der Waals surface area contributed by atoms with Gasteiger partial charge in [-0.15, -0.1) is 11.1 Å². The summed E-state index contributed by atoms with van der Waals surface area (Å²) in [6.07, 6.45) is 2.51. The molecule has 0 aromatic heterocycles. The highest BCUT2D eigenvalue weighted by atomic mass is 32.2. The Labute approximate surface area is 105 Å². The van der Waals surface area contributed by atoms with Crippen LogP contribution >= 0.6 is 11.1 Å². The first kappa shape index (κ1) is 11.3. The average Bonchev–Trinajstić information content (AvgIpc) is 2.83. The Morgan fingerprint density at radius 3 is 2.88 bits per heavy atom. The van der Waals surface area contributed by atoms with E-state index < -0.39 is 0 Å². The molecular formula is C13H19N3S. The third-order valence-corrected chi connectivity index (χ3v) is 5.82. The number of hydrogen-bond acceptors (Lipinski definition) is 3. The minimum Gasteiger partial charge on any atom is -0.317 e. The van der Waals surface area contributed by atoms with Crippen molar-refractivity contribution in [2.75, 3.05) is 20.1 Å². The fraction of sp³-hybridized carbons (Fsp3) is 0.462. The van der Waals surface area contributed by atoms with Crippen molar-refractivity contribution in [1.29, 1.82) is 0 Å². The lowest BCUT2D eigenvalue weighted by Gasteiger charge is -2.36.